The Bertz CT molecular complexity index is 1080. The first-order valence-electron chi connectivity index (χ1n) is 8.17. The fraction of sp³-hybridized carbons (Fsp3) is 0.0588. The topological polar surface area (TPSA) is 135 Å². The highest BCUT2D eigenvalue weighted by molar-refractivity contribution is 5.93. The summed E-state index contributed by atoms with van der Waals surface area (Å²) in [5, 5.41) is 13.8. The summed E-state index contributed by atoms with van der Waals surface area (Å²) >= 11 is 0. The number of hydrogen-bond acceptors (Lipinski definition) is 8. The summed E-state index contributed by atoms with van der Waals surface area (Å²) in [6.45, 7) is 0. The number of hydrogen-bond donors (Lipinski definition) is 3. The molecule has 0 aliphatic heterocycles. The second-order valence-corrected chi connectivity index (χ2v) is 5.64. The van der Waals surface area contributed by atoms with Gasteiger partial charge in [0.05, 0.1) is 16.2 Å². The third-order valence-corrected chi connectivity index (χ3v) is 3.68. The average Bonchev–Trinajstić information content (AvgIpc) is 2.72. The van der Waals surface area contributed by atoms with Gasteiger partial charge in [-0.2, -0.15) is 13.2 Å². The van der Waals surface area contributed by atoms with Crippen LogP contribution in [0.25, 0.3) is 0 Å². The highest BCUT2D eigenvalue weighted by Crippen LogP contribution is 2.37. The summed E-state index contributed by atoms with van der Waals surface area (Å²) in [6, 6.07) is 9.00. The molecule has 2 heterocycles. The lowest BCUT2D eigenvalue weighted by Gasteiger charge is -2.14. The molecule has 0 spiro atoms. The fourth-order valence-electron chi connectivity index (χ4n) is 2.38. The van der Waals surface area contributed by atoms with Gasteiger partial charge in [0.2, 0.25) is 11.6 Å². The molecule has 154 valence electrons. The third kappa shape index (κ3) is 4.57. The van der Waals surface area contributed by atoms with Gasteiger partial charge in [-0.15, -0.1) is 0 Å². The van der Waals surface area contributed by atoms with Crippen LogP contribution in [0.1, 0.15) is 16.1 Å². The molecular weight excluding hydrogens is 407 g/mol. The van der Waals surface area contributed by atoms with Crippen LogP contribution in [0.2, 0.25) is 0 Å². The summed E-state index contributed by atoms with van der Waals surface area (Å²) in [4.78, 5) is 33.8. The maximum Gasteiger partial charge on any atom is 0.418 e. The van der Waals surface area contributed by atoms with E-state index in [2.05, 4.69) is 31.1 Å². The van der Waals surface area contributed by atoms with Gasteiger partial charge in [-0.3, -0.25) is 30.7 Å². The van der Waals surface area contributed by atoms with E-state index in [0.29, 0.717) is 0 Å². The van der Waals surface area contributed by atoms with Gasteiger partial charge in [0.1, 0.15) is 12.0 Å². The zero-order valence-electron chi connectivity index (χ0n) is 14.8. The van der Waals surface area contributed by atoms with E-state index in [1.807, 2.05) is 0 Å². The number of benzene rings is 1. The van der Waals surface area contributed by atoms with Crippen LogP contribution in [0.5, 0.6) is 0 Å². The molecule has 0 aliphatic rings. The Morgan fingerprint density at radius 1 is 1.00 bits per heavy atom. The number of alkyl halides is 3. The first-order chi connectivity index (χ1) is 14.3. The summed E-state index contributed by atoms with van der Waals surface area (Å²) < 4.78 is 39.6. The number of nitrogens with zero attached hydrogens (tertiary/aromatic N) is 4. The smallest absolute Gasteiger partial charge is 0.334 e. The Labute approximate surface area is 166 Å². The number of nitrogens with one attached hydrogen (secondary N) is 3. The van der Waals surface area contributed by atoms with Gasteiger partial charge in [0.15, 0.2) is 0 Å². The molecule has 1 aromatic carbocycles. The van der Waals surface area contributed by atoms with E-state index in [0.717, 1.165) is 18.5 Å². The number of rotatable bonds is 6. The van der Waals surface area contributed by atoms with E-state index in [1.54, 1.807) is 12.1 Å². The molecule has 0 saturated heterocycles. The summed E-state index contributed by atoms with van der Waals surface area (Å²) in [6.07, 6.45) is -2.42. The van der Waals surface area contributed by atoms with Crippen LogP contribution in [0, 0.1) is 10.1 Å². The molecule has 1 amide bonds. The number of para-hydroxylation sites is 1. The van der Waals surface area contributed by atoms with E-state index < -0.39 is 45.6 Å². The Balaban J connectivity index is 1.89. The lowest BCUT2D eigenvalue weighted by molar-refractivity contribution is -0.383. The standard InChI is InChI=1S/C17H12F3N7O3/c18-17(19,20)10-5-1-2-6-11(10)24-14-13(27(29)30)15(23-9-22-14)25-26-16(28)12-7-3-4-8-21-12/h1-9H,(H,26,28)(H2,22,23,24,25). The number of halogens is 3. The van der Waals surface area contributed by atoms with Gasteiger partial charge in [0, 0.05) is 6.20 Å². The van der Waals surface area contributed by atoms with Crippen LogP contribution in [-0.2, 0) is 6.18 Å². The van der Waals surface area contributed by atoms with Crippen molar-refractivity contribution in [3.63, 3.8) is 0 Å². The summed E-state index contributed by atoms with van der Waals surface area (Å²) in [5.41, 5.74) is 2.25. The number of pyridine rings is 1. The lowest BCUT2D eigenvalue weighted by Crippen LogP contribution is -2.31. The van der Waals surface area contributed by atoms with E-state index in [4.69, 9.17) is 0 Å². The van der Waals surface area contributed by atoms with Crippen molar-refractivity contribution in [3.8, 4) is 0 Å². The molecule has 3 N–H and O–H groups in total. The van der Waals surface area contributed by atoms with Crippen molar-refractivity contribution in [2.24, 2.45) is 0 Å². The molecule has 0 radical (unpaired) electrons. The molecule has 3 rings (SSSR count). The zero-order valence-corrected chi connectivity index (χ0v) is 14.8. The predicted molar refractivity (Wildman–Crippen MR) is 98.7 cm³/mol. The number of nitro groups is 1. The van der Waals surface area contributed by atoms with Crippen molar-refractivity contribution >= 4 is 28.9 Å². The number of anilines is 3. The highest BCUT2D eigenvalue weighted by Gasteiger charge is 2.34. The normalized spacial score (nSPS) is 10.9. The second-order valence-electron chi connectivity index (χ2n) is 5.64. The van der Waals surface area contributed by atoms with Gasteiger partial charge in [-0.25, -0.2) is 9.97 Å². The van der Waals surface area contributed by atoms with Crippen molar-refractivity contribution in [2.45, 2.75) is 6.18 Å². The van der Waals surface area contributed by atoms with Crippen LogP contribution in [0.15, 0.2) is 55.0 Å². The largest absolute Gasteiger partial charge is 0.418 e. The number of hydrazine groups is 1. The Hall–Kier alpha value is -4.29. The number of amides is 1. The van der Waals surface area contributed by atoms with Gasteiger partial charge < -0.3 is 5.32 Å². The minimum Gasteiger partial charge on any atom is -0.334 e. The maximum absolute atomic E-state index is 13.2. The molecule has 0 fully saturated rings. The van der Waals surface area contributed by atoms with Crippen LogP contribution >= 0.6 is 0 Å². The Morgan fingerprint density at radius 2 is 1.70 bits per heavy atom. The molecule has 13 heteroatoms. The highest BCUT2D eigenvalue weighted by atomic mass is 19.4. The molecule has 0 bridgehead atoms. The Kier molecular flexibility index (Phi) is 5.71. The van der Waals surface area contributed by atoms with Crippen LogP contribution in [0.3, 0.4) is 0 Å². The molecule has 10 nitrogen and oxygen atoms in total. The molecule has 3 aromatic rings. The van der Waals surface area contributed by atoms with Crippen molar-refractivity contribution < 1.29 is 22.9 Å². The lowest BCUT2D eigenvalue weighted by atomic mass is 10.1. The number of carbonyl (C=O) groups is 1. The molecule has 2 aromatic heterocycles. The zero-order chi connectivity index (χ0) is 21.7. The van der Waals surface area contributed by atoms with Gasteiger partial charge >= 0.3 is 11.9 Å². The van der Waals surface area contributed by atoms with Crippen molar-refractivity contribution in [3.05, 3.63) is 76.4 Å². The van der Waals surface area contributed by atoms with E-state index >= 15 is 0 Å². The molecular formula is C17H12F3N7O3. The van der Waals surface area contributed by atoms with Gasteiger partial charge in [0.25, 0.3) is 5.91 Å². The molecule has 0 atom stereocenters. The predicted octanol–water partition coefficient (Wildman–Crippen LogP) is 3.30. The molecule has 0 aliphatic carbocycles. The van der Waals surface area contributed by atoms with E-state index in [-0.39, 0.29) is 5.69 Å². The van der Waals surface area contributed by atoms with Crippen LogP contribution in [0.4, 0.5) is 36.2 Å². The van der Waals surface area contributed by atoms with Crippen molar-refractivity contribution in [2.75, 3.05) is 10.7 Å². The molecule has 30 heavy (non-hydrogen) atoms. The fourth-order valence-corrected chi connectivity index (χ4v) is 2.38. The van der Waals surface area contributed by atoms with E-state index in [1.165, 1.54) is 24.4 Å². The quantitative estimate of drug-likeness (QED) is 0.409. The molecule has 0 saturated carbocycles. The summed E-state index contributed by atoms with van der Waals surface area (Å²) in [7, 11) is 0. The first-order valence-corrected chi connectivity index (χ1v) is 8.17. The first kappa shape index (κ1) is 20.4. The average molecular weight is 419 g/mol. The van der Waals surface area contributed by atoms with Crippen molar-refractivity contribution in [1.29, 1.82) is 0 Å². The van der Waals surface area contributed by atoms with Crippen LogP contribution in [-0.4, -0.2) is 25.8 Å². The van der Waals surface area contributed by atoms with Crippen LogP contribution < -0.4 is 16.2 Å². The van der Waals surface area contributed by atoms with Gasteiger partial charge in [-0.05, 0) is 24.3 Å². The maximum atomic E-state index is 13.2. The van der Waals surface area contributed by atoms with Gasteiger partial charge in [-0.1, -0.05) is 18.2 Å². The summed E-state index contributed by atoms with van der Waals surface area (Å²) in [5.74, 6) is -1.65. The minimum atomic E-state index is -4.69. The third-order valence-electron chi connectivity index (χ3n) is 3.68. The molecule has 0 unspecified atom stereocenters. The monoisotopic (exact) mass is 419 g/mol. The number of carbonyl (C=O) groups excluding carboxylic acids is 1. The Morgan fingerprint density at radius 3 is 2.37 bits per heavy atom. The van der Waals surface area contributed by atoms with Crippen molar-refractivity contribution in [1.82, 2.24) is 20.4 Å². The SMILES string of the molecule is O=C(NNc1ncnc(Nc2ccccc2C(F)(F)F)c1[N+](=O)[O-])c1ccccn1. The minimum absolute atomic E-state index is 0.0270. The number of aromatic nitrogens is 3. The second kappa shape index (κ2) is 8.38. The van der Waals surface area contributed by atoms with E-state index in [9.17, 15) is 28.1 Å².